The molecule has 0 radical (unpaired) electrons. The molecule has 0 saturated carbocycles. The summed E-state index contributed by atoms with van der Waals surface area (Å²) in [4.78, 5) is 44.2. The fourth-order valence-corrected chi connectivity index (χ4v) is 5.24. The number of halogens is 3. The van der Waals surface area contributed by atoms with Crippen LogP contribution in [0.4, 0.5) is 13.2 Å². The van der Waals surface area contributed by atoms with Gasteiger partial charge in [0.2, 0.25) is 17.4 Å². The highest BCUT2D eigenvalue weighted by molar-refractivity contribution is 7.92. The van der Waals surface area contributed by atoms with E-state index in [0.717, 1.165) is 0 Å². The van der Waals surface area contributed by atoms with Crippen molar-refractivity contribution in [3.63, 3.8) is 0 Å². The zero-order chi connectivity index (χ0) is 26.0. The van der Waals surface area contributed by atoms with Crippen LogP contribution in [0.3, 0.4) is 0 Å². The SMILES string of the molecule is CCCC(CCC)S(=O)(=O)CC(N)(C(N)=O)C(=O)OC[C@H]1CNC(=O)C1.O=C(O)C(F)(F)F. The van der Waals surface area contributed by atoms with E-state index in [9.17, 15) is 36.0 Å². The normalized spacial score (nSPS) is 18.0. The first-order valence-corrected chi connectivity index (χ1v) is 11.8. The summed E-state index contributed by atoms with van der Waals surface area (Å²) in [6.45, 7) is 3.91. The number of esters is 1. The first-order valence-electron chi connectivity index (χ1n) is 10.1. The zero-order valence-corrected chi connectivity index (χ0v) is 19.1. The summed E-state index contributed by atoms with van der Waals surface area (Å²) in [6, 6.07) is 0. The molecule has 6 N–H and O–H groups in total. The fourth-order valence-electron chi connectivity index (χ4n) is 2.92. The van der Waals surface area contributed by atoms with Crippen molar-refractivity contribution in [1.29, 1.82) is 0 Å². The van der Waals surface area contributed by atoms with Gasteiger partial charge in [-0.2, -0.15) is 13.2 Å². The Morgan fingerprint density at radius 3 is 2.03 bits per heavy atom. The number of ether oxygens (including phenoxy) is 1. The van der Waals surface area contributed by atoms with Crippen molar-refractivity contribution in [2.75, 3.05) is 18.9 Å². The molecule has 1 fully saturated rings. The number of nitrogens with one attached hydrogen (secondary N) is 1. The molecule has 2 atom stereocenters. The zero-order valence-electron chi connectivity index (χ0n) is 18.3. The lowest BCUT2D eigenvalue weighted by Gasteiger charge is -2.26. The number of nitrogens with two attached hydrogens (primary N) is 2. The van der Waals surface area contributed by atoms with Crippen LogP contribution in [0.15, 0.2) is 0 Å². The Bertz CT molecular complexity index is 813. The molecule has 15 heteroatoms. The number of sulfone groups is 1. The van der Waals surface area contributed by atoms with Crippen LogP contribution in [0.5, 0.6) is 0 Å². The van der Waals surface area contributed by atoms with Gasteiger partial charge in [-0.3, -0.25) is 9.59 Å². The van der Waals surface area contributed by atoms with Crippen molar-refractivity contribution in [2.24, 2.45) is 17.4 Å². The van der Waals surface area contributed by atoms with Gasteiger partial charge in [-0.15, -0.1) is 0 Å². The summed E-state index contributed by atoms with van der Waals surface area (Å²) >= 11 is 0. The van der Waals surface area contributed by atoms with E-state index >= 15 is 0 Å². The fraction of sp³-hybridized carbons (Fsp3) is 0.778. The monoisotopic (exact) mass is 505 g/mol. The van der Waals surface area contributed by atoms with E-state index in [-0.39, 0.29) is 24.9 Å². The highest BCUT2D eigenvalue weighted by Crippen LogP contribution is 2.20. The van der Waals surface area contributed by atoms with Crippen LogP contribution in [0, 0.1) is 5.92 Å². The minimum atomic E-state index is -5.08. The first-order chi connectivity index (χ1) is 15.0. The van der Waals surface area contributed by atoms with Crippen molar-refractivity contribution in [3.05, 3.63) is 0 Å². The van der Waals surface area contributed by atoms with Crippen molar-refractivity contribution in [3.8, 4) is 0 Å². The lowest BCUT2D eigenvalue weighted by Crippen LogP contribution is -2.63. The van der Waals surface area contributed by atoms with E-state index in [1.807, 2.05) is 13.8 Å². The number of carboxylic acids is 1. The van der Waals surface area contributed by atoms with Gasteiger partial charge in [0, 0.05) is 18.9 Å². The third kappa shape index (κ3) is 9.94. The molecule has 2 amide bonds. The molecule has 1 aliphatic rings. The van der Waals surface area contributed by atoms with Gasteiger partial charge in [-0.25, -0.2) is 18.0 Å². The predicted octanol–water partition coefficient (Wildman–Crippen LogP) is -0.135. The molecule has 1 saturated heterocycles. The largest absolute Gasteiger partial charge is 0.490 e. The molecule has 0 aliphatic carbocycles. The molecule has 1 unspecified atom stereocenters. The molecule has 192 valence electrons. The minimum Gasteiger partial charge on any atom is -0.475 e. The Hall–Kier alpha value is -2.42. The van der Waals surface area contributed by atoms with E-state index in [4.69, 9.17) is 26.1 Å². The highest BCUT2D eigenvalue weighted by Gasteiger charge is 2.48. The second-order valence-electron chi connectivity index (χ2n) is 7.62. The number of amides is 2. The first kappa shape index (κ1) is 30.6. The average molecular weight is 506 g/mol. The van der Waals surface area contributed by atoms with Gasteiger partial charge >= 0.3 is 18.1 Å². The number of carbonyl (C=O) groups excluding carboxylic acids is 3. The molecule has 0 aromatic carbocycles. The van der Waals surface area contributed by atoms with Crippen LogP contribution in [-0.2, 0) is 33.8 Å². The third-order valence-corrected chi connectivity index (χ3v) is 7.06. The molecule has 33 heavy (non-hydrogen) atoms. The maximum atomic E-state index is 12.7. The topological polar surface area (TPSA) is 196 Å². The Balaban J connectivity index is 0.00000126. The van der Waals surface area contributed by atoms with Crippen LogP contribution in [0.25, 0.3) is 0 Å². The highest BCUT2D eigenvalue weighted by atomic mass is 32.2. The lowest BCUT2D eigenvalue weighted by molar-refractivity contribution is -0.192. The number of hydrogen-bond acceptors (Lipinski definition) is 8. The molecule has 1 aliphatic heterocycles. The molecular weight excluding hydrogens is 475 g/mol. The molecular formula is C18H30F3N3O8S. The summed E-state index contributed by atoms with van der Waals surface area (Å²) < 4.78 is 62.1. The van der Waals surface area contributed by atoms with Gasteiger partial charge < -0.3 is 26.6 Å². The predicted molar refractivity (Wildman–Crippen MR) is 109 cm³/mol. The van der Waals surface area contributed by atoms with E-state index in [0.29, 0.717) is 32.2 Å². The Kier molecular flexibility index (Phi) is 11.8. The molecule has 0 bridgehead atoms. The van der Waals surface area contributed by atoms with Crippen molar-refractivity contribution < 1.29 is 50.6 Å². The second kappa shape index (κ2) is 12.7. The standard InChI is InChI=1S/C16H29N3O6S.C2HF3O2/c1-3-5-12(6-4-2)26(23,24)10-16(18,14(17)21)15(22)25-9-11-7-13(20)19-8-11;3-2(4,5)1(6)7/h11-12H,3-10,18H2,1-2H3,(H2,17,21)(H,19,20);(H,6,7)/t11-,16?;/m1./s1. The quantitative estimate of drug-likeness (QED) is 0.218. The number of carboxylic acid groups (broad SMARTS) is 1. The average Bonchev–Trinajstić information content (AvgIpc) is 3.10. The van der Waals surface area contributed by atoms with Gasteiger partial charge in [0.15, 0.2) is 9.84 Å². The van der Waals surface area contributed by atoms with Gasteiger partial charge in [0.05, 0.1) is 17.6 Å². The van der Waals surface area contributed by atoms with Gasteiger partial charge in [0.25, 0.3) is 0 Å². The number of hydrogen-bond donors (Lipinski definition) is 4. The number of alkyl halides is 3. The van der Waals surface area contributed by atoms with Crippen molar-refractivity contribution >= 4 is 33.6 Å². The molecule has 11 nitrogen and oxygen atoms in total. The summed E-state index contributed by atoms with van der Waals surface area (Å²) in [5.41, 5.74) is 8.59. The number of primary amides is 1. The number of rotatable bonds is 11. The van der Waals surface area contributed by atoms with E-state index in [2.05, 4.69) is 5.32 Å². The van der Waals surface area contributed by atoms with Crippen LogP contribution in [-0.4, -0.2) is 73.1 Å². The Labute approximate surface area is 189 Å². The van der Waals surface area contributed by atoms with E-state index in [1.54, 1.807) is 0 Å². The minimum absolute atomic E-state index is 0.142. The van der Waals surface area contributed by atoms with Crippen LogP contribution >= 0.6 is 0 Å². The van der Waals surface area contributed by atoms with E-state index in [1.165, 1.54) is 0 Å². The van der Waals surface area contributed by atoms with Crippen LogP contribution < -0.4 is 16.8 Å². The van der Waals surface area contributed by atoms with Crippen molar-refractivity contribution in [2.45, 2.75) is 62.9 Å². The number of aliphatic carboxylic acids is 1. The van der Waals surface area contributed by atoms with Crippen LogP contribution in [0.2, 0.25) is 0 Å². The maximum absolute atomic E-state index is 12.7. The number of carbonyl (C=O) groups is 4. The van der Waals surface area contributed by atoms with Gasteiger partial charge in [-0.1, -0.05) is 26.7 Å². The smallest absolute Gasteiger partial charge is 0.475 e. The Morgan fingerprint density at radius 2 is 1.70 bits per heavy atom. The molecule has 0 spiro atoms. The van der Waals surface area contributed by atoms with Crippen molar-refractivity contribution in [1.82, 2.24) is 5.32 Å². The molecule has 0 aromatic rings. The third-order valence-electron chi connectivity index (χ3n) is 4.72. The summed E-state index contributed by atoms with van der Waals surface area (Å²) in [7, 11) is -3.83. The van der Waals surface area contributed by atoms with Gasteiger partial charge in [0.1, 0.15) is 0 Å². The van der Waals surface area contributed by atoms with E-state index < -0.39 is 50.4 Å². The Morgan fingerprint density at radius 1 is 1.21 bits per heavy atom. The summed E-state index contributed by atoms with van der Waals surface area (Å²) in [5, 5.41) is 9.02. The second-order valence-corrected chi connectivity index (χ2v) is 9.90. The lowest BCUT2D eigenvalue weighted by atomic mass is 10.0. The molecule has 1 rings (SSSR count). The maximum Gasteiger partial charge on any atom is 0.490 e. The van der Waals surface area contributed by atoms with Crippen LogP contribution in [0.1, 0.15) is 46.0 Å². The molecule has 0 aromatic heterocycles. The van der Waals surface area contributed by atoms with Gasteiger partial charge in [-0.05, 0) is 12.8 Å². The summed E-state index contributed by atoms with van der Waals surface area (Å²) in [6.07, 6.45) is -2.78. The summed E-state index contributed by atoms with van der Waals surface area (Å²) in [5.74, 6) is -6.48. The molecule has 1 heterocycles.